The maximum absolute atomic E-state index is 12.1. The van der Waals surface area contributed by atoms with Crippen molar-refractivity contribution in [2.75, 3.05) is 11.1 Å². The van der Waals surface area contributed by atoms with Gasteiger partial charge in [0, 0.05) is 16.3 Å². The summed E-state index contributed by atoms with van der Waals surface area (Å²) < 4.78 is 0. The molecule has 0 saturated heterocycles. The minimum absolute atomic E-state index is 0.235. The number of rotatable bonds is 2. The molecule has 19 heavy (non-hydrogen) atoms. The molecule has 0 fully saturated rings. The molecule has 0 aromatic heterocycles. The molecule has 5 heteroatoms. The summed E-state index contributed by atoms with van der Waals surface area (Å²) in [5, 5.41) is 3.73. The normalized spacial score (nSPS) is 10.3. The summed E-state index contributed by atoms with van der Waals surface area (Å²) in [6.45, 7) is 1.85. The van der Waals surface area contributed by atoms with Crippen LogP contribution in [0.15, 0.2) is 36.4 Å². The Bertz CT molecular complexity index is 641. The van der Waals surface area contributed by atoms with Crippen LogP contribution in [-0.4, -0.2) is 5.91 Å². The van der Waals surface area contributed by atoms with E-state index in [9.17, 15) is 4.79 Å². The molecule has 2 aromatic rings. The van der Waals surface area contributed by atoms with Crippen molar-refractivity contribution in [1.82, 2.24) is 0 Å². The van der Waals surface area contributed by atoms with E-state index in [1.165, 1.54) is 0 Å². The van der Waals surface area contributed by atoms with E-state index in [0.717, 1.165) is 5.56 Å². The Balaban J connectivity index is 2.25. The van der Waals surface area contributed by atoms with Crippen LogP contribution < -0.4 is 11.1 Å². The van der Waals surface area contributed by atoms with Crippen molar-refractivity contribution in [2.24, 2.45) is 0 Å². The van der Waals surface area contributed by atoms with Gasteiger partial charge in [-0.3, -0.25) is 4.79 Å². The molecule has 3 nitrogen and oxygen atoms in total. The van der Waals surface area contributed by atoms with Crippen LogP contribution >= 0.6 is 23.2 Å². The van der Waals surface area contributed by atoms with Gasteiger partial charge in [-0.2, -0.15) is 0 Å². The third-order valence-corrected chi connectivity index (χ3v) is 3.28. The molecule has 98 valence electrons. The minimum Gasteiger partial charge on any atom is -0.397 e. The number of aryl methyl sites for hydroxylation is 1. The highest BCUT2D eigenvalue weighted by Gasteiger charge is 2.10. The number of benzene rings is 2. The maximum atomic E-state index is 12.1. The topological polar surface area (TPSA) is 55.1 Å². The lowest BCUT2D eigenvalue weighted by Gasteiger charge is -2.09. The highest BCUT2D eigenvalue weighted by Crippen LogP contribution is 2.23. The lowest BCUT2D eigenvalue weighted by atomic mass is 10.1. The molecule has 3 N–H and O–H groups in total. The molecular formula is C14H12Cl2N2O. The number of nitrogen functional groups attached to an aromatic ring is 1. The Labute approximate surface area is 121 Å². The fraction of sp³-hybridized carbons (Fsp3) is 0.0714. The zero-order valence-electron chi connectivity index (χ0n) is 10.2. The highest BCUT2D eigenvalue weighted by molar-refractivity contribution is 6.33. The van der Waals surface area contributed by atoms with E-state index in [1.54, 1.807) is 36.4 Å². The summed E-state index contributed by atoms with van der Waals surface area (Å²) in [7, 11) is 0. The molecule has 2 rings (SSSR count). The molecule has 0 heterocycles. The lowest BCUT2D eigenvalue weighted by Crippen LogP contribution is -2.13. The molecule has 0 aliphatic rings. The lowest BCUT2D eigenvalue weighted by molar-refractivity contribution is 0.102. The van der Waals surface area contributed by atoms with Crippen molar-refractivity contribution in [1.29, 1.82) is 0 Å². The van der Waals surface area contributed by atoms with Crippen LogP contribution in [-0.2, 0) is 0 Å². The van der Waals surface area contributed by atoms with Gasteiger partial charge in [-0.05, 0) is 42.8 Å². The van der Waals surface area contributed by atoms with E-state index in [0.29, 0.717) is 27.0 Å². The highest BCUT2D eigenvalue weighted by atomic mass is 35.5. The van der Waals surface area contributed by atoms with E-state index in [2.05, 4.69) is 5.32 Å². The fourth-order valence-electron chi connectivity index (χ4n) is 1.66. The average molecular weight is 295 g/mol. The van der Waals surface area contributed by atoms with E-state index in [-0.39, 0.29) is 5.91 Å². The Morgan fingerprint density at radius 2 is 1.89 bits per heavy atom. The van der Waals surface area contributed by atoms with E-state index in [1.807, 2.05) is 6.92 Å². The fourth-order valence-corrected chi connectivity index (χ4v) is 1.95. The quantitative estimate of drug-likeness (QED) is 0.818. The molecule has 1 amide bonds. The van der Waals surface area contributed by atoms with Gasteiger partial charge in [0.1, 0.15) is 0 Å². The van der Waals surface area contributed by atoms with Crippen LogP contribution in [0.2, 0.25) is 10.0 Å². The van der Waals surface area contributed by atoms with Crippen LogP contribution in [0.3, 0.4) is 0 Å². The Morgan fingerprint density at radius 3 is 2.58 bits per heavy atom. The molecule has 0 bridgehead atoms. The van der Waals surface area contributed by atoms with Crippen LogP contribution in [0, 0.1) is 6.92 Å². The van der Waals surface area contributed by atoms with Gasteiger partial charge in [0.15, 0.2) is 0 Å². The van der Waals surface area contributed by atoms with Gasteiger partial charge in [-0.15, -0.1) is 0 Å². The molecule has 0 unspecified atom stereocenters. The van der Waals surface area contributed by atoms with Crippen LogP contribution in [0.25, 0.3) is 0 Å². The van der Waals surface area contributed by atoms with E-state index in [4.69, 9.17) is 28.9 Å². The molecule has 2 aromatic carbocycles. The van der Waals surface area contributed by atoms with Crippen molar-refractivity contribution < 1.29 is 4.79 Å². The number of carbonyl (C=O) groups is 1. The van der Waals surface area contributed by atoms with Crippen molar-refractivity contribution in [3.8, 4) is 0 Å². The van der Waals surface area contributed by atoms with Gasteiger partial charge in [0.2, 0.25) is 0 Å². The number of nitrogens with one attached hydrogen (secondary N) is 1. The van der Waals surface area contributed by atoms with Gasteiger partial charge >= 0.3 is 0 Å². The Hall–Kier alpha value is -1.71. The second kappa shape index (κ2) is 5.51. The minimum atomic E-state index is -0.235. The SMILES string of the molecule is Cc1ccc(Cl)cc1C(=O)Nc1ccc(Cl)c(N)c1. The van der Waals surface area contributed by atoms with Crippen molar-refractivity contribution in [3.05, 3.63) is 57.6 Å². The van der Waals surface area contributed by atoms with Crippen molar-refractivity contribution >= 4 is 40.5 Å². The summed E-state index contributed by atoms with van der Waals surface area (Å²) in [5.74, 6) is -0.235. The summed E-state index contributed by atoms with van der Waals surface area (Å²) in [6, 6.07) is 10.1. The number of hydrogen-bond donors (Lipinski definition) is 2. The largest absolute Gasteiger partial charge is 0.397 e. The zero-order valence-corrected chi connectivity index (χ0v) is 11.7. The number of nitrogens with two attached hydrogens (primary N) is 1. The van der Waals surface area contributed by atoms with E-state index >= 15 is 0 Å². The predicted octanol–water partition coefficient (Wildman–Crippen LogP) is 4.14. The van der Waals surface area contributed by atoms with Gasteiger partial charge in [0.05, 0.1) is 10.7 Å². The van der Waals surface area contributed by atoms with Crippen molar-refractivity contribution in [2.45, 2.75) is 6.92 Å². The first-order valence-corrected chi connectivity index (χ1v) is 6.35. The van der Waals surface area contributed by atoms with Gasteiger partial charge in [0.25, 0.3) is 5.91 Å². The Morgan fingerprint density at radius 1 is 1.16 bits per heavy atom. The average Bonchev–Trinajstić information content (AvgIpc) is 2.36. The Kier molecular flexibility index (Phi) is 3.98. The molecule has 0 radical (unpaired) electrons. The molecule has 0 aliphatic carbocycles. The second-order valence-electron chi connectivity index (χ2n) is 4.15. The monoisotopic (exact) mass is 294 g/mol. The standard InChI is InChI=1S/C14H12Cl2N2O/c1-8-2-3-9(15)6-11(8)14(19)18-10-4-5-12(16)13(17)7-10/h2-7H,17H2,1H3,(H,18,19). The third kappa shape index (κ3) is 3.19. The summed E-state index contributed by atoms with van der Waals surface area (Å²) in [4.78, 5) is 12.1. The van der Waals surface area contributed by atoms with Gasteiger partial charge in [-0.1, -0.05) is 29.3 Å². The van der Waals surface area contributed by atoms with Gasteiger partial charge < -0.3 is 11.1 Å². The first-order chi connectivity index (χ1) is 8.97. The van der Waals surface area contributed by atoms with Crippen LogP contribution in [0.1, 0.15) is 15.9 Å². The molecule has 0 aliphatic heterocycles. The second-order valence-corrected chi connectivity index (χ2v) is 4.99. The number of carbonyl (C=O) groups excluding carboxylic acids is 1. The molecule has 0 spiro atoms. The van der Waals surface area contributed by atoms with Crippen LogP contribution in [0.5, 0.6) is 0 Å². The number of halogens is 2. The number of anilines is 2. The first-order valence-electron chi connectivity index (χ1n) is 5.60. The molecule has 0 saturated carbocycles. The smallest absolute Gasteiger partial charge is 0.255 e. The first kappa shape index (κ1) is 13.7. The van der Waals surface area contributed by atoms with Gasteiger partial charge in [-0.25, -0.2) is 0 Å². The number of hydrogen-bond acceptors (Lipinski definition) is 2. The molecular weight excluding hydrogens is 283 g/mol. The zero-order chi connectivity index (χ0) is 14.0. The molecule has 0 atom stereocenters. The van der Waals surface area contributed by atoms with Crippen LogP contribution in [0.4, 0.5) is 11.4 Å². The van der Waals surface area contributed by atoms with Crippen molar-refractivity contribution in [3.63, 3.8) is 0 Å². The number of amides is 1. The van der Waals surface area contributed by atoms with E-state index < -0.39 is 0 Å². The summed E-state index contributed by atoms with van der Waals surface area (Å²) in [5.41, 5.74) is 8.07. The third-order valence-electron chi connectivity index (χ3n) is 2.70. The summed E-state index contributed by atoms with van der Waals surface area (Å²) >= 11 is 11.7. The maximum Gasteiger partial charge on any atom is 0.255 e. The summed E-state index contributed by atoms with van der Waals surface area (Å²) in [6.07, 6.45) is 0. The predicted molar refractivity (Wildman–Crippen MR) is 80.0 cm³/mol.